The van der Waals surface area contributed by atoms with E-state index in [9.17, 15) is 0 Å². The highest BCUT2D eigenvalue weighted by molar-refractivity contribution is 4.71. The van der Waals surface area contributed by atoms with Gasteiger partial charge in [-0.25, -0.2) is 0 Å². The van der Waals surface area contributed by atoms with Crippen LogP contribution in [0.4, 0.5) is 0 Å². The third-order valence-electron chi connectivity index (χ3n) is 1.40. The van der Waals surface area contributed by atoms with Crippen LogP contribution in [0.15, 0.2) is 6.08 Å². The molecule has 0 aromatic rings. The largest absolute Gasteiger partial charge is 0.374 e. The number of ether oxygens (including phenoxy) is 1. The highest BCUT2D eigenvalue weighted by atomic mass is 16.5. The Morgan fingerprint density at radius 2 is 2.20 bits per heavy atom. The molecule has 0 aromatic heterocycles. The van der Waals surface area contributed by atoms with Crippen molar-refractivity contribution in [3.05, 3.63) is 12.7 Å². The maximum Gasteiger partial charge on any atom is 0.0730 e. The predicted octanol–water partition coefficient (Wildman–Crippen LogP) is 2.57. The number of hydrogen-bond donors (Lipinski definition) is 0. The van der Waals surface area contributed by atoms with Crippen molar-refractivity contribution in [3.8, 4) is 0 Å². The zero-order valence-electron chi connectivity index (χ0n) is 6.97. The minimum absolute atomic E-state index is 0.108. The van der Waals surface area contributed by atoms with E-state index in [0.29, 0.717) is 0 Å². The van der Waals surface area contributed by atoms with Gasteiger partial charge in [0.1, 0.15) is 0 Å². The Morgan fingerprint density at radius 3 is 2.70 bits per heavy atom. The molecule has 0 fully saturated rings. The normalized spacial score (nSPS) is 13.0. The first-order valence-corrected chi connectivity index (χ1v) is 3.98. The Hall–Kier alpha value is -0.300. The van der Waals surface area contributed by atoms with E-state index >= 15 is 0 Å². The van der Waals surface area contributed by atoms with Crippen LogP contribution >= 0.6 is 0 Å². The molecule has 0 aliphatic heterocycles. The molecule has 1 nitrogen and oxygen atoms in total. The van der Waals surface area contributed by atoms with Crippen molar-refractivity contribution in [2.45, 2.75) is 39.2 Å². The Kier molecular flexibility index (Phi) is 6.61. The van der Waals surface area contributed by atoms with Crippen LogP contribution in [0.1, 0.15) is 33.1 Å². The first-order valence-electron chi connectivity index (χ1n) is 3.98. The molecule has 0 heterocycles. The van der Waals surface area contributed by atoms with Crippen molar-refractivity contribution in [3.63, 3.8) is 0 Å². The van der Waals surface area contributed by atoms with Gasteiger partial charge in [0.15, 0.2) is 0 Å². The third-order valence-corrected chi connectivity index (χ3v) is 1.40. The summed E-state index contributed by atoms with van der Waals surface area (Å²) >= 11 is 0. The number of unbranched alkanes of at least 4 members (excludes halogenated alkanes) is 2. The Balaban J connectivity index is 2.95. The van der Waals surface area contributed by atoms with E-state index < -0.39 is 0 Å². The van der Waals surface area contributed by atoms with Crippen LogP contribution in [0.2, 0.25) is 0 Å². The summed E-state index contributed by atoms with van der Waals surface area (Å²) in [5.74, 6) is 0. The summed E-state index contributed by atoms with van der Waals surface area (Å²) in [6.07, 6.45) is 5.32. The summed E-state index contributed by atoms with van der Waals surface area (Å²) in [7, 11) is 0. The van der Waals surface area contributed by atoms with Crippen LogP contribution in [-0.2, 0) is 4.74 Å². The molecule has 1 heteroatoms. The van der Waals surface area contributed by atoms with Gasteiger partial charge in [-0.3, -0.25) is 0 Å². The molecule has 0 saturated heterocycles. The first-order chi connectivity index (χ1) is 4.81. The average molecular weight is 141 g/mol. The number of rotatable bonds is 6. The molecule has 0 bridgehead atoms. The fraction of sp³-hybridized carbons (Fsp3) is 0.778. The van der Waals surface area contributed by atoms with Crippen LogP contribution in [0, 0.1) is 6.58 Å². The molecule has 10 heavy (non-hydrogen) atoms. The maximum absolute atomic E-state index is 5.31. The second kappa shape index (κ2) is 6.81. The minimum atomic E-state index is 0.108. The van der Waals surface area contributed by atoms with Crippen LogP contribution in [-0.4, -0.2) is 12.7 Å². The SMILES string of the molecule is [CH]=CC(C)OCCCCC. The van der Waals surface area contributed by atoms with Gasteiger partial charge in [0, 0.05) is 6.61 Å². The molecule has 1 radical (unpaired) electrons. The van der Waals surface area contributed by atoms with Crippen molar-refractivity contribution >= 4 is 0 Å². The summed E-state index contributed by atoms with van der Waals surface area (Å²) < 4.78 is 5.31. The molecule has 0 aliphatic rings. The lowest BCUT2D eigenvalue weighted by molar-refractivity contribution is 0.0942. The van der Waals surface area contributed by atoms with E-state index in [2.05, 4.69) is 6.92 Å². The van der Waals surface area contributed by atoms with Crippen molar-refractivity contribution in [2.24, 2.45) is 0 Å². The van der Waals surface area contributed by atoms with Crippen molar-refractivity contribution in [1.29, 1.82) is 0 Å². The molecular weight excluding hydrogens is 124 g/mol. The van der Waals surface area contributed by atoms with E-state index in [1.807, 2.05) is 6.92 Å². The fourth-order valence-electron chi connectivity index (χ4n) is 0.677. The molecule has 0 amide bonds. The molecule has 1 atom stereocenters. The van der Waals surface area contributed by atoms with E-state index in [-0.39, 0.29) is 6.10 Å². The first kappa shape index (κ1) is 9.70. The Labute approximate surface area is 64.1 Å². The lowest BCUT2D eigenvalue weighted by Gasteiger charge is -2.06. The molecule has 0 saturated carbocycles. The molecule has 0 aromatic carbocycles. The summed E-state index contributed by atoms with van der Waals surface area (Å²) in [4.78, 5) is 0. The van der Waals surface area contributed by atoms with Gasteiger partial charge in [0.2, 0.25) is 0 Å². The van der Waals surface area contributed by atoms with Gasteiger partial charge in [-0.2, -0.15) is 0 Å². The zero-order valence-corrected chi connectivity index (χ0v) is 6.97. The van der Waals surface area contributed by atoms with E-state index in [1.54, 1.807) is 6.08 Å². The summed E-state index contributed by atoms with van der Waals surface area (Å²) in [5.41, 5.74) is 0. The van der Waals surface area contributed by atoms with Gasteiger partial charge in [0.25, 0.3) is 0 Å². The second-order valence-electron chi connectivity index (χ2n) is 2.48. The summed E-state index contributed by atoms with van der Waals surface area (Å²) in [6, 6.07) is 0. The lowest BCUT2D eigenvalue weighted by Crippen LogP contribution is -2.04. The summed E-state index contributed by atoms with van der Waals surface area (Å²) in [5, 5.41) is 0. The topological polar surface area (TPSA) is 9.23 Å². The molecule has 59 valence electrons. The lowest BCUT2D eigenvalue weighted by atomic mass is 10.3. The van der Waals surface area contributed by atoms with Gasteiger partial charge < -0.3 is 4.74 Å². The number of hydrogen-bond acceptors (Lipinski definition) is 1. The highest BCUT2D eigenvalue weighted by Crippen LogP contribution is 1.97. The average Bonchev–Trinajstić information content (AvgIpc) is 1.98. The molecule has 1 unspecified atom stereocenters. The van der Waals surface area contributed by atoms with E-state index in [1.165, 1.54) is 12.8 Å². The smallest absolute Gasteiger partial charge is 0.0730 e. The van der Waals surface area contributed by atoms with Crippen molar-refractivity contribution < 1.29 is 4.74 Å². The molecular formula is C9H17O. The van der Waals surface area contributed by atoms with E-state index in [4.69, 9.17) is 11.3 Å². The van der Waals surface area contributed by atoms with Crippen LogP contribution in [0.25, 0.3) is 0 Å². The molecule has 0 rings (SSSR count). The van der Waals surface area contributed by atoms with Crippen molar-refractivity contribution in [1.82, 2.24) is 0 Å². The van der Waals surface area contributed by atoms with Crippen LogP contribution in [0.3, 0.4) is 0 Å². The van der Waals surface area contributed by atoms with Crippen LogP contribution < -0.4 is 0 Å². The summed E-state index contributed by atoms with van der Waals surface area (Å²) in [6.45, 7) is 10.2. The molecule has 0 aliphatic carbocycles. The van der Waals surface area contributed by atoms with Gasteiger partial charge in [-0.15, -0.1) is 0 Å². The Morgan fingerprint density at radius 1 is 1.50 bits per heavy atom. The van der Waals surface area contributed by atoms with E-state index in [0.717, 1.165) is 13.0 Å². The predicted molar refractivity (Wildman–Crippen MR) is 43.8 cm³/mol. The molecule has 0 N–H and O–H groups in total. The van der Waals surface area contributed by atoms with Gasteiger partial charge >= 0.3 is 0 Å². The van der Waals surface area contributed by atoms with Gasteiger partial charge in [-0.05, 0) is 13.3 Å². The fourth-order valence-corrected chi connectivity index (χ4v) is 0.677. The van der Waals surface area contributed by atoms with Gasteiger partial charge in [-0.1, -0.05) is 32.4 Å². The molecule has 0 spiro atoms. The second-order valence-corrected chi connectivity index (χ2v) is 2.48. The Bertz CT molecular complexity index is 78.8. The standard InChI is InChI=1S/C9H17O/c1-4-6-7-8-10-9(3)5-2/h2,5,9H,4,6-8H2,1,3H3. The highest BCUT2D eigenvalue weighted by Gasteiger charge is 1.93. The quantitative estimate of drug-likeness (QED) is 0.516. The monoisotopic (exact) mass is 141 g/mol. The zero-order chi connectivity index (χ0) is 7.82. The minimum Gasteiger partial charge on any atom is -0.374 e. The maximum atomic E-state index is 5.31. The van der Waals surface area contributed by atoms with Gasteiger partial charge in [0.05, 0.1) is 6.10 Å². The van der Waals surface area contributed by atoms with Crippen LogP contribution in [0.5, 0.6) is 0 Å². The third kappa shape index (κ3) is 5.83. The van der Waals surface area contributed by atoms with Crippen molar-refractivity contribution in [2.75, 3.05) is 6.61 Å².